The minimum atomic E-state index is -1.00. The van der Waals surface area contributed by atoms with Gasteiger partial charge in [0.15, 0.2) is 0 Å². The highest BCUT2D eigenvalue weighted by molar-refractivity contribution is 7.15. The molecule has 0 unspecified atom stereocenters. The van der Waals surface area contributed by atoms with Crippen molar-refractivity contribution in [3.05, 3.63) is 51.0 Å². The zero-order valence-electron chi connectivity index (χ0n) is 9.98. The predicted molar refractivity (Wildman–Crippen MR) is 73.8 cm³/mol. The van der Waals surface area contributed by atoms with Crippen molar-refractivity contribution >= 4 is 34.2 Å². The van der Waals surface area contributed by atoms with Crippen LogP contribution in [0.5, 0.6) is 0 Å². The smallest absolute Gasteiger partial charge is 0.335 e. The summed E-state index contributed by atoms with van der Waals surface area (Å²) < 4.78 is 1.66. The Hall–Kier alpha value is -2.74. The summed E-state index contributed by atoms with van der Waals surface area (Å²) in [6, 6.07) is 6.32. The van der Waals surface area contributed by atoms with Crippen LogP contribution in [-0.4, -0.2) is 25.7 Å². The van der Waals surface area contributed by atoms with Gasteiger partial charge in [0.25, 0.3) is 5.56 Å². The number of nitrogens with one attached hydrogen (secondary N) is 1. The van der Waals surface area contributed by atoms with Crippen LogP contribution in [0.15, 0.2) is 35.4 Å². The van der Waals surface area contributed by atoms with Crippen molar-refractivity contribution in [2.75, 3.05) is 5.32 Å². The first-order valence-electron chi connectivity index (χ1n) is 5.58. The summed E-state index contributed by atoms with van der Waals surface area (Å²) in [4.78, 5) is 27.2. The van der Waals surface area contributed by atoms with Gasteiger partial charge in [0.2, 0.25) is 4.96 Å². The predicted octanol–water partition coefficient (Wildman–Crippen LogP) is 0.418. The number of carboxylic acids is 1. The van der Waals surface area contributed by atoms with Gasteiger partial charge in [0.1, 0.15) is 10.9 Å². The molecule has 0 bridgehead atoms. The Balaban J connectivity index is 1.95. The minimum absolute atomic E-state index is 0.174. The summed E-state index contributed by atoms with van der Waals surface area (Å²) in [5, 5.41) is 15.6. The zero-order valence-corrected chi connectivity index (χ0v) is 10.8. The van der Waals surface area contributed by atoms with Crippen molar-refractivity contribution in [2.45, 2.75) is 0 Å². The lowest BCUT2D eigenvalue weighted by Gasteiger charge is -2.00. The standard InChI is InChI=1S/C12H8N4O3S/c17-10-9(20-12-14-6-15-16(10)12)5-13-8-3-1-2-7(4-8)11(18)19/h1-6,13H,(H,18,19)/b9-5-. The van der Waals surface area contributed by atoms with Gasteiger partial charge in [-0.2, -0.15) is 9.61 Å². The zero-order chi connectivity index (χ0) is 14.1. The van der Waals surface area contributed by atoms with Gasteiger partial charge in [0.05, 0.1) is 5.56 Å². The van der Waals surface area contributed by atoms with Gasteiger partial charge in [-0.25, -0.2) is 9.78 Å². The molecule has 0 aliphatic rings. The fourth-order valence-electron chi connectivity index (χ4n) is 1.67. The summed E-state index contributed by atoms with van der Waals surface area (Å²) in [5.41, 5.74) is 0.501. The molecule has 20 heavy (non-hydrogen) atoms. The van der Waals surface area contributed by atoms with Gasteiger partial charge < -0.3 is 10.4 Å². The molecular formula is C12H8N4O3S. The van der Waals surface area contributed by atoms with Crippen LogP contribution in [0, 0.1) is 0 Å². The normalized spacial score (nSPS) is 11.9. The van der Waals surface area contributed by atoms with E-state index in [9.17, 15) is 9.59 Å². The second kappa shape index (κ2) is 4.74. The van der Waals surface area contributed by atoms with Crippen LogP contribution in [0.1, 0.15) is 10.4 Å². The fraction of sp³-hybridized carbons (Fsp3) is 0. The highest BCUT2D eigenvalue weighted by Crippen LogP contribution is 2.10. The summed E-state index contributed by atoms with van der Waals surface area (Å²) in [6.45, 7) is 0. The average molecular weight is 288 g/mol. The Morgan fingerprint density at radius 2 is 2.30 bits per heavy atom. The molecule has 0 radical (unpaired) electrons. The van der Waals surface area contributed by atoms with Crippen LogP contribution in [0.4, 0.5) is 5.69 Å². The van der Waals surface area contributed by atoms with E-state index in [-0.39, 0.29) is 11.1 Å². The molecule has 0 fully saturated rings. The first kappa shape index (κ1) is 12.3. The Morgan fingerprint density at radius 3 is 3.05 bits per heavy atom. The van der Waals surface area contributed by atoms with Crippen molar-refractivity contribution in [3.8, 4) is 0 Å². The second-order valence-electron chi connectivity index (χ2n) is 3.90. The molecule has 0 atom stereocenters. The van der Waals surface area contributed by atoms with E-state index in [1.165, 1.54) is 40.5 Å². The average Bonchev–Trinajstić information content (AvgIpc) is 3.00. The maximum Gasteiger partial charge on any atom is 0.335 e. The van der Waals surface area contributed by atoms with Gasteiger partial charge in [-0.3, -0.25) is 4.79 Å². The SMILES string of the molecule is O=C(O)c1cccc(N/C=c2\sc3ncnn3c2=O)c1. The van der Waals surface area contributed by atoms with Crippen molar-refractivity contribution in [1.29, 1.82) is 0 Å². The van der Waals surface area contributed by atoms with E-state index in [1.807, 2.05) is 0 Å². The Bertz CT molecular complexity index is 899. The Kier molecular flexibility index (Phi) is 2.92. The maximum absolute atomic E-state index is 11.9. The lowest BCUT2D eigenvalue weighted by Crippen LogP contribution is -2.24. The van der Waals surface area contributed by atoms with Crippen molar-refractivity contribution in [2.24, 2.45) is 0 Å². The van der Waals surface area contributed by atoms with E-state index in [4.69, 9.17) is 5.11 Å². The molecule has 0 aliphatic carbocycles. The third-order valence-electron chi connectivity index (χ3n) is 2.60. The summed E-state index contributed by atoms with van der Waals surface area (Å²) in [6.07, 6.45) is 2.84. The Labute approximate surface area is 115 Å². The number of hydrogen-bond donors (Lipinski definition) is 2. The molecule has 3 aromatic rings. The number of aromatic carboxylic acids is 1. The van der Waals surface area contributed by atoms with Gasteiger partial charge in [-0.15, -0.1) is 0 Å². The number of aromatic nitrogens is 3. The molecule has 7 nitrogen and oxygen atoms in total. The first-order valence-corrected chi connectivity index (χ1v) is 6.39. The summed E-state index contributed by atoms with van der Waals surface area (Å²) in [7, 11) is 0. The van der Waals surface area contributed by atoms with E-state index in [2.05, 4.69) is 15.4 Å². The topological polar surface area (TPSA) is 96.6 Å². The molecule has 1 aromatic carbocycles. The number of thiazole rings is 1. The van der Waals surface area contributed by atoms with E-state index >= 15 is 0 Å². The second-order valence-corrected chi connectivity index (χ2v) is 4.91. The molecular weight excluding hydrogens is 280 g/mol. The summed E-state index contributed by atoms with van der Waals surface area (Å²) >= 11 is 1.20. The van der Waals surface area contributed by atoms with Gasteiger partial charge in [-0.1, -0.05) is 17.4 Å². The molecule has 0 saturated carbocycles. The third-order valence-corrected chi connectivity index (χ3v) is 3.57. The molecule has 0 spiro atoms. The number of carboxylic acid groups (broad SMARTS) is 1. The van der Waals surface area contributed by atoms with Gasteiger partial charge >= 0.3 is 5.97 Å². The minimum Gasteiger partial charge on any atom is -0.478 e. The molecule has 2 aromatic heterocycles. The van der Waals surface area contributed by atoms with Crippen LogP contribution in [0.25, 0.3) is 11.2 Å². The number of benzene rings is 1. The van der Waals surface area contributed by atoms with Crippen molar-refractivity contribution in [3.63, 3.8) is 0 Å². The maximum atomic E-state index is 11.9. The number of nitrogens with zero attached hydrogens (tertiary/aromatic N) is 3. The van der Waals surface area contributed by atoms with E-state index in [0.29, 0.717) is 15.2 Å². The monoisotopic (exact) mass is 288 g/mol. The van der Waals surface area contributed by atoms with E-state index in [0.717, 1.165) is 0 Å². The molecule has 2 N–H and O–H groups in total. The van der Waals surface area contributed by atoms with Gasteiger partial charge in [0, 0.05) is 11.9 Å². The number of anilines is 1. The number of hydrogen-bond acceptors (Lipinski definition) is 6. The molecule has 2 heterocycles. The number of fused-ring (bicyclic) bond motifs is 1. The van der Waals surface area contributed by atoms with E-state index in [1.54, 1.807) is 12.1 Å². The quantitative estimate of drug-likeness (QED) is 0.725. The van der Waals surface area contributed by atoms with Crippen LogP contribution in [-0.2, 0) is 0 Å². The van der Waals surface area contributed by atoms with Crippen LogP contribution in [0.3, 0.4) is 0 Å². The molecule has 8 heteroatoms. The van der Waals surface area contributed by atoms with Crippen LogP contribution in [0.2, 0.25) is 0 Å². The lowest BCUT2D eigenvalue weighted by molar-refractivity contribution is 0.0697. The van der Waals surface area contributed by atoms with Crippen LogP contribution >= 0.6 is 11.3 Å². The van der Waals surface area contributed by atoms with Crippen molar-refractivity contribution < 1.29 is 9.90 Å². The molecule has 0 aliphatic heterocycles. The largest absolute Gasteiger partial charge is 0.478 e. The summed E-state index contributed by atoms with van der Waals surface area (Å²) in [5.74, 6) is -1.00. The third kappa shape index (κ3) is 2.12. The van der Waals surface area contributed by atoms with E-state index < -0.39 is 5.97 Å². The highest BCUT2D eigenvalue weighted by atomic mass is 32.1. The van der Waals surface area contributed by atoms with Gasteiger partial charge in [-0.05, 0) is 18.2 Å². The molecule has 0 saturated heterocycles. The Morgan fingerprint density at radius 1 is 1.45 bits per heavy atom. The van der Waals surface area contributed by atoms with Crippen LogP contribution < -0.4 is 15.4 Å². The number of rotatable bonds is 3. The molecule has 0 amide bonds. The lowest BCUT2D eigenvalue weighted by atomic mass is 10.2. The number of carbonyl (C=O) groups is 1. The highest BCUT2D eigenvalue weighted by Gasteiger charge is 2.05. The molecule has 100 valence electrons. The fourth-order valence-corrected chi connectivity index (χ4v) is 2.47. The molecule has 3 rings (SSSR count). The first-order chi connectivity index (χ1) is 9.65. The van der Waals surface area contributed by atoms with Crippen molar-refractivity contribution in [1.82, 2.24) is 14.6 Å².